The number of carbonyl (C=O) groups is 2. The van der Waals surface area contributed by atoms with E-state index in [0.717, 1.165) is 44.5 Å². The third-order valence-electron chi connectivity index (χ3n) is 8.71. The molecule has 2 amide bonds. The summed E-state index contributed by atoms with van der Waals surface area (Å²) < 4.78 is 0. The third-order valence-corrected chi connectivity index (χ3v) is 8.71. The number of benzene rings is 4. The van der Waals surface area contributed by atoms with E-state index in [1.165, 1.54) is 33.4 Å². The first-order chi connectivity index (χ1) is 21.6. The first-order valence-electron chi connectivity index (χ1n) is 15.6. The Hall–Kier alpha value is -3.60. The largest absolute Gasteiger partial charge is 0.693 e. The van der Waals surface area contributed by atoms with E-state index in [2.05, 4.69) is 79.9 Å². The van der Waals surface area contributed by atoms with Gasteiger partial charge in [0.2, 0.25) is 11.8 Å². The summed E-state index contributed by atoms with van der Waals surface area (Å²) in [7, 11) is 0. The molecule has 0 atom stereocenters. The molecule has 4 aromatic carbocycles. The molecule has 260 valence electrons. The SMILES string of the molecule is [CH2-]CNC(=O)c1c(C)c(C)c(C)c(C)c1C.[CH2-]CNC(=O)c1c(C)c(C)c(C)c(C)c1C.[CH2-]c1ccccc1.[CH2-]c1ccccc1.[NH2-].[Zr]. The van der Waals surface area contributed by atoms with Crippen molar-refractivity contribution < 1.29 is 35.8 Å². The number of hydrogen-bond donors (Lipinski definition) is 2. The minimum atomic E-state index is -0.0174. The average Bonchev–Trinajstić information content (AvgIpc) is 3.03. The molecule has 6 heteroatoms. The molecule has 0 aliphatic rings. The van der Waals surface area contributed by atoms with Gasteiger partial charge in [0.25, 0.3) is 0 Å². The summed E-state index contributed by atoms with van der Waals surface area (Å²) in [6, 6.07) is 19.7. The van der Waals surface area contributed by atoms with Crippen LogP contribution in [0.2, 0.25) is 0 Å². The number of rotatable bonds is 4. The van der Waals surface area contributed by atoms with Crippen molar-refractivity contribution in [3.8, 4) is 0 Å². The van der Waals surface area contributed by atoms with Crippen molar-refractivity contribution in [1.82, 2.24) is 10.6 Å². The molecular weight excluding hydrogens is 670 g/mol. The molecule has 4 aromatic rings. The van der Waals surface area contributed by atoms with Gasteiger partial charge in [-0.2, -0.15) is 49.2 Å². The maximum atomic E-state index is 12.0. The van der Waals surface area contributed by atoms with Gasteiger partial charge in [0.15, 0.2) is 0 Å². The monoisotopic (exact) mass is 724 g/mol. The second-order valence-corrected chi connectivity index (χ2v) is 11.5. The van der Waals surface area contributed by atoms with E-state index >= 15 is 0 Å². The molecule has 0 fully saturated rings. The Morgan fingerprint density at radius 2 is 0.667 bits per heavy atom. The summed E-state index contributed by atoms with van der Waals surface area (Å²) in [5.41, 5.74) is 15.4. The van der Waals surface area contributed by atoms with Crippen LogP contribution in [0.15, 0.2) is 60.7 Å². The van der Waals surface area contributed by atoms with Crippen LogP contribution in [-0.2, 0) is 26.2 Å². The molecule has 0 saturated heterocycles. The molecular formula is C42H56N3O2Zr-5. The molecule has 0 spiro atoms. The van der Waals surface area contributed by atoms with Crippen molar-refractivity contribution in [2.45, 2.75) is 69.2 Å². The van der Waals surface area contributed by atoms with Crippen LogP contribution in [0, 0.1) is 96.9 Å². The summed E-state index contributed by atoms with van der Waals surface area (Å²) in [4.78, 5) is 23.9. The van der Waals surface area contributed by atoms with Crippen LogP contribution < -0.4 is 10.6 Å². The first-order valence-corrected chi connectivity index (χ1v) is 15.6. The maximum Gasteiger partial charge on any atom is 0.249 e. The Morgan fingerprint density at radius 3 is 0.833 bits per heavy atom. The summed E-state index contributed by atoms with van der Waals surface area (Å²) in [6.07, 6.45) is 0. The maximum absolute atomic E-state index is 12.0. The van der Waals surface area contributed by atoms with E-state index in [-0.39, 0.29) is 44.2 Å². The summed E-state index contributed by atoms with van der Waals surface area (Å²) >= 11 is 0. The van der Waals surface area contributed by atoms with Crippen LogP contribution in [0.5, 0.6) is 0 Å². The number of amides is 2. The van der Waals surface area contributed by atoms with Gasteiger partial charge in [-0.3, -0.25) is 9.59 Å². The molecule has 48 heavy (non-hydrogen) atoms. The van der Waals surface area contributed by atoms with Gasteiger partial charge in [-0.25, -0.2) is 0 Å². The summed E-state index contributed by atoms with van der Waals surface area (Å²) in [5.74, 6) is -0.0348. The number of carbonyl (C=O) groups excluding carboxylic acids is 2. The molecule has 4 N–H and O–H groups in total. The minimum absolute atomic E-state index is 0. The molecule has 0 heterocycles. The Bertz CT molecular complexity index is 1420. The summed E-state index contributed by atoms with van der Waals surface area (Å²) in [5, 5.41) is 5.53. The molecule has 0 aliphatic carbocycles. The van der Waals surface area contributed by atoms with Crippen LogP contribution in [0.3, 0.4) is 0 Å². The van der Waals surface area contributed by atoms with E-state index in [0.29, 0.717) is 13.1 Å². The Morgan fingerprint density at radius 1 is 0.458 bits per heavy atom. The fraction of sp³-hybridized carbons (Fsp3) is 0.286. The standard InChI is InChI=1S/2C14H20NO.2C7H7.H2N.Zr/c2*1-7-15-14(16)13-11(5)9(3)8(2)10(4)12(13)6;2*1-7-5-3-2-4-6-7;;/h2*1,7H2,2-6H3,(H,15,16);2*2-6H,1H2;1H2;/q5*-1;. The van der Waals surface area contributed by atoms with Crippen molar-refractivity contribution in [2.75, 3.05) is 13.1 Å². The Labute approximate surface area is 311 Å². The third kappa shape index (κ3) is 13.1. The van der Waals surface area contributed by atoms with Gasteiger partial charge in [-0.15, -0.1) is 37.4 Å². The fourth-order valence-corrected chi connectivity index (χ4v) is 5.04. The van der Waals surface area contributed by atoms with Crippen LogP contribution in [0.4, 0.5) is 0 Å². The van der Waals surface area contributed by atoms with Gasteiger partial charge in [0, 0.05) is 37.3 Å². The molecule has 0 radical (unpaired) electrons. The first kappa shape index (κ1) is 46.5. The van der Waals surface area contributed by atoms with Crippen LogP contribution in [0.1, 0.15) is 87.5 Å². The molecule has 5 nitrogen and oxygen atoms in total. The zero-order chi connectivity index (χ0) is 35.1. The van der Waals surface area contributed by atoms with Crippen molar-refractivity contribution in [2.24, 2.45) is 0 Å². The van der Waals surface area contributed by atoms with E-state index < -0.39 is 0 Å². The van der Waals surface area contributed by atoms with Crippen molar-refractivity contribution in [1.29, 1.82) is 0 Å². The number of nitrogens with two attached hydrogens (primary N) is 1. The number of nitrogens with one attached hydrogen (secondary N) is 2. The second kappa shape index (κ2) is 22.9. The normalized spacial score (nSPS) is 9.42. The van der Waals surface area contributed by atoms with Crippen LogP contribution in [-0.4, -0.2) is 24.9 Å². The number of hydrogen-bond acceptors (Lipinski definition) is 2. The molecule has 4 rings (SSSR count). The average molecular weight is 726 g/mol. The minimum Gasteiger partial charge on any atom is -0.693 e. The molecule has 0 bridgehead atoms. The predicted octanol–water partition coefficient (Wildman–Crippen LogP) is 10.0. The Balaban J connectivity index is 0. The van der Waals surface area contributed by atoms with E-state index in [4.69, 9.17) is 0 Å². The fourth-order valence-electron chi connectivity index (χ4n) is 5.04. The van der Waals surface area contributed by atoms with Gasteiger partial charge < -0.3 is 30.6 Å². The van der Waals surface area contributed by atoms with Gasteiger partial charge in [-0.05, 0) is 125 Å². The van der Waals surface area contributed by atoms with Crippen LogP contribution >= 0.6 is 0 Å². The topological polar surface area (TPSA) is 91.7 Å². The van der Waals surface area contributed by atoms with E-state index in [1.54, 1.807) is 0 Å². The van der Waals surface area contributed by atoms with E-state index in [1.807, 2.05) is 88.4 Å². The van der Waals surface area contributed by atoms with E-state index in [9.17, 15) is 9.59 Å². The quantitative estimate of drug-likeness (QED) is 0.205. The van der Waals surface area contributed by atoms with Crippen molar-refractivity contribution in [3.63, 3.8) is 0 Å². The zero-order valence-electron chi connectivity index (χ0n) is 30.9. The predicted molar refractivity (Wildman–Crippen MR) is 203 cm³/mol. The Kier molecular flexibility index (Phi) is 22.2. The molecule has 0 saturated carbocycles. The van der Waals surface area contributed by atoms with Crippen molar-refractivity contribution in [3.05, 3.63) is 172 Å². The molecule has 0 unspecified atom stereocenters. The molecule has 0 aromatic heterocycles. The second-order valence-electron chi connectivity index (χ2n) is 11.5. The summed E-state index contributed by atoms with van der Waals surface area (Å²) in [6.45, 7) is 36.1. The van der Waals surface area contributed by atoms with Gasteiger partial charge >= 0.3 is 0 Å². The van der Waals surface area contributed by atoms with Gasteiger partial charge in [0.1, 0.15) is 0 Å². The van der Waals surface area contributed by atoms with Crippen molar-refractivity contribution >= 4 is 11.8 Å². The smallest absolute Gasteiger partial charge is 0.249 e. The van der Waals surface area contributed by atoms with Gasteiger partial charge in [0.05, 0.1) is 0 Å². The van der Waals surface area contributed by atoms with Crippen LogP contribution in [0.25, 0.3) is 6.15 Å². The molecule has 0 aliphatic heterocycles. The zero-order valence-corrected chi connectivity index (χ0v) is 33.4. The van der Waals surface area contributed by atoms with Gasteiger partial charge in [-0.1, -0.05) is 12.1 Å².